The monoisotopic (exact) mass is 447 g/mol. The summed E-state index contributed by atoms with van der Waals surface area (Å²) in [6.45, 7) is 3.73. The molecule has 3 aromatic rings. The number of nitrogen functional groups attached to an aromatic ring is 2. The fraction of sp³-hybridized carbons (Fsp3) is 0.130. The molecule has 1 aromatic heterocycles. The third-order valence-electron chi connectivity index (χ3n) is 4.89. The largest absolute Gasteiger partial charge is 0.382 e. The first-order valence-corrected chi connectivity index (χ1v) is 10.1. The van der Waals surface area contributed by atoms with Crippen LogP contribution < -0.4 is 21.7 Å². The van der Waals surface area contributed by atoms with Crippen LogP contribution in [-0.2, 0) is 4.79 Å². The average Bonchev–Trinajstić information content (AvgIpc) is 2.77. The van der Waals surface area contributed by atoms with E-state index in [1.54, 1.807) is 6.07 Å². The minimum absolute atomic E-state index is 0.0266. The third kappa shape index (κ3) is 4.79. The van der Waals surface area contributed by atoms with Crippen LogP contribution >= 0.6 is 11.6 Å². The number of nitrogens with zero attached hydrogens (tertiary/aromatic N) is 4. The predicted molar refractivity (Wildman–Crippen MR) is 128 cm³/mol. The van der Waals surface area contributed by atoms with Gasteiger partial charge in [-0.2, -0.15) is 15.2 Å². The van der Waals surface area contributed by atoms with Gasteiger partial charge in [-0.3, -0.25) is 9.69 Å². The van der Waals surface area contributed by atoms with Gasteiger partial charge in [0.05, 0.1) is 6.04 Å². The first-order chi connectivity index (χ1) is 15.3. The zero-order chi connectivity index (χ0) is 23.3. The van der Waals surface area contributed by atoms with E-state index >= 15 is 0 Å². The van der Waals surface area contributed by atoms with Gasteiger partial charge in [0.25, 0.3) is 0 Å². The van der Waals surface area contributed by atoms with E-state index in [-0.39, 0.29) is 23.1 Å². The Morgan fingerprint density at radius 2 is 1.91 bits per heavy atom. The van der Waals surface area contributed by atoms with Crippen molar-refractivity contribution in [3.05, 3.63) is 75.9 Å². The van der Waals surface area contributed by atoms with Crippen molar-refractivity contribution in [2.24, 2.45) is 0 Å². The fourth-order valence-electron chi connectivity index (χ4n) is 3.19. The number of nitrogens with two attached hydrogens (primary N) is 2. The minimum atomic E-state index is -0.486. The van der Waals surface area contributed by atoms with Gasteiger partial charge in [0, 0.05) is 16.4 Å². The molecule has 5 N–H and O–H groups in total. The highest BCUT2D eigenvalue weighted by Crippen LogP contribution is 2.28. The lowest BCUT2D eigenvalue weighted by Crippen LogP contribution is -2.32. The summed E-state index contributed by atoms with van der Waals surface area (Å²) >= 11 is 6.30. The Labute approximate surface area is 191 Å². The van der Waals surface area contributed by atoms with Gasteiger partial charge >= 0.3 is 0 Å². The van der Waals surface area contributed by atoms with E-state index in [1.807, 2.05) is 68.5 Å². The molecule has 0 saturated carbocycles. The maximum Gasteiger partial charge on any atom is 0.224 e. The quantitative estimate of drug-likeness (QED) is 0.466. The molecule has 8 nitrogen and oxygen atoms in total. The third-order valence-corrected chi connectivity index (χ3v) is 5.30. The molecule has 0 spiro atoms. The minimum Gasteiger partial charge on any atom is -0.382 e. The number of aromatic nitrogens is 2. The molecule has 0 fully saturated rings. The number of benzene rings is 2. The van der Waals surface area contributed by atoms with Crippen molar-refractivity contribution in [3.63, 3.8) is 0 Å². The zero-order valence-corrected chi connectivity index (χ0v) is 18.3. The molecule has 0 aliphatic rings. The van der Waals surface area contributed by atoms with Gasteiger partial charge in [0.15, 0.2) is 5.82 Å². The Morgan fingerprint density at radius 3 is 2.56 bits per heavy atom. The van der Waals surface area contributed by atoms with Gasteiger partial charge in [-0.15, -0.1) is 0 Å². The first-order valence-electron chi connectivity index (χ1n) is 9.71. The van der Waals surface area contributed by atoms with Crippen LogP contribution in [0.3, 0.4) is 0 Å². The lowest BCUT2D eigenvalue weighted by atomic mass is 10.0. The molecule has 1 heterocycles. The summed E-state index contributed by atoms with van der Waals surface area (Å²) in [6.07, 6.45) is 2.59. The molecule has 3 rings (SSSR count). The van der Waals surface area contributed by atoms with Crippen LogP contribution in [0.2, 0.25) is 5.02 Å². The van der Waals surface area contributed by atoms with E-state index in [0.717, 1.165) is 17.5 Å². The second-order valence-corrected chi connectivity index (χ2v) is 7.41. The molecule has 9 heteroatoms. The van der Waals surface area contributed by atoms with Gasteiger partial charge in [0.2, 0.25) is 12.4 Å². The number of rotatable bonds is 7. The molecular formula is C23H22ClN7O. The summed E-state index contributed by atoms with van der Waals surface area (Å²) < 4.78 is 0. The summed E-state index contributed by atoms with van der Waals surface area (Å²) in [4.78, 5) is 21.7. The highest BCUT2D eigenvalue weighted by Gasteiger charge is 2.21. The Hall–Kier alpha value is -4.09. The van der Waals surface area contributed by atoms with Gasteiger partial charge < -0.3 is 16.8 Å². The topological polar surface area (TPSA) is 134 Å². The van der Waals surface area contributed by atoms with E-state index in [9.17, 15) is 10.1 Å². The molecular weight excluding hydrogens is 426 g/mol. The molecule has 1 unspecified atom stereocenters. The van der Waals surface area contributed by atoms with Crippen molar-refractivity contribution < 1.29 is 4.79 Å². The molecule has 0 saturated heterocycles. The van der Waals surface area contributed by atoms with Crippen molar-refractivity contribution in [1.82, 2.24) is 9.97 Å². The molecule has 1 atom stereocenters. The molecule has 162 valence electrons. The maximum atomic E-state index is 12.2. The van der Waals surface area contributed by atoms with Crippen molar-refractivity contribution in [2.75, 3.05) is 21.7 Å². The molecule has 1 amide bonds. The summed E-state index contributed by atoms with van der Waals surface area (Å²) in [5.41, 5.74) is 14.6. The second kappa shape index (κ2) is 9.81. The van der Waals surface area contributed by atoms with E-state index < -0.39 is 6.04 Å². The maximum absolute atomic E-state index is 12.2. The summed E-state index contributed by atoms with van der Waals surface area (Å²) in [6, 6.07) is 16.2. The Bertz CT molecular complexity index is 1200. The standard InChI is InChI=1S/C23H22ClN7O/c1-14-16(7-6-10-19(14)24)11-20(31(13-32)17-8-4-3-5-9-17)15(2)28-22-18(12-25)21(26)29-23(27)30-22/h3-11,13,15H,1-2H3,(H5,26,27,28,29,30)/b20-11-. The number of nitrogens with one attached hydrogen (secondary N) is 1. The van der Waals surface area contributed by atoms with Crippen molar-refractivity contribution in [3.8, 4) is 6.07 Å². The van der Waals surface area contributed by atoms with Gasteiger partial charge in [-0.05, 0) is 49.2 Å². The second-order valence-electron chi connectivity index (χ2n) is 7.00. The number of halogens is 1. The number of anilines is 4. The number of para-hydroxylation sites is 1. The van der Waals surface area contributed by atoms with Crippen molar-refractivity contribution in [2.45, 2.75) is 19.9 Å². The molecule has 0 bridgehead atoms. The smallest absolute Gasteiger partial charge is 0.224 e. The van der Waals surface area contributed by atoms with E-state index in [0.29, 0.717) is 16.4 Å². The molecule has 2 aromatic carbocycles. The summed E-state index contributed by atoms with van der Waals surface area (Å²) in [7, 11) is 0. The Kier molecular flexibility index (Phi) is 6.93. The van der Waals surface area contributed by atoms with E-state index in [1.165, 1.54) is 4.90 Å². The van der Waals surface area contributed by atoms with Crippen LogP contribution in [0.5, 0.6) is 0 Å². The number of nitriles is 1. The SMILES string of the molecule is Cc1c(Cl)cccc1/C=C(/C(C)Nc1nc(N)nc(N)c1C#N)N(C=O)c1ccccc1. The van der Waals surface area contributed by atoms with Crippen LogP contribution in [0.1, 0.15) is 23.6 Å². The normalized spacial score (nSPS) is 12.0. The fourth-order valence-corrected chi connectivity index (χ4v) is 3.37. The molecule has 0 aliphatic heterocycles. The Balaban J connectivity index is 2.12. The van der Waals surface area contributed by atoms with Crippen LogP contribution in [0.25, 0.3) is 6.08 Å². The van der Waals surface area contributed by atoms with Crippen LogP contribution in [0, 0.1) is 18.3 Å². The van der Waals surface area contributed by atoms with Gasteiger partial charge in [-0.1, -0.05) is 41.9 Å². The number of hydrogen-bond donors (Lipinski definition) is 3. The van der Waals surface area contributed by atoms with Crippen molar-refractivity contribution in [1.29, 1.82) is 5.26 Å². The summed E-state index contributed by atoms with van der Waals surface area (Å²) in [5.74, 6) is 0.0848. The number of amides is 1. The van der Waals surface area contributed by atoms with Crippen LogP contribution in [0.4, 0.5) is 23.3 Å². The number of hydrogen-bond acceptors (Lipinski definition) is 7. The molecule has 0 aliphatic carbocycles. The average molecular weight is 448 g/mol. The van der Waals surface area contributed by atoms with Gasteiger partial charge in [0.1, 0.15) is 17.5 Å². The lowest BCUT2D eigenvalue weighted by molar-refractivity contribution is -0.107. The zero-order valence-electron chi connectivity index (χ0n) is 17.6. The highest BCUT2D eigenvalue weighted by molar-refractivity contribution is 6.31. The van der Waals surface area contributed by atoms with E-state index in [2.05, 4.69) is 15.3 Å². The Morgan fingerprint density at radius 1 is 1.19 bits per heavy atom. The lowest BCUT2D eigenvalue weighted by Gasteiger charge is -2.27. The summed E-state index contributed by atoms with van der Waals surface area (Å²) in [5, 5.41) is 13.2. The van der Waals surface area contributed by atoms with Crippen LogP contribution in [-0.4, -0.2) is 22.4 Å². The number of carbonyl (C=O) groups is 1. The first kappa shape index (κ1) is 22.6. The van der Waals surface area contributed by atoms with Crippen LogP contribution in [0.15, 0.2) is 54.2 Å². The molecule has 0 radical (unpaired) electrons. The number of carbonyl (C=O) groups excluding carboxylic acids is 1. The predicted octanol–water partition coefficient (Wildman–Crippen LogP) is 3.98. The molecule has 32 heavy (non-hydrogen) atoms. The van der Waals surface area contributed by atoms with Crippen molar-refractivity contribution >= 4 is 47.4 Å². The van der Waals surface area contributed by atoms with E-state index in [4.69, 9.17) is 23.1 Å². The van der Waals surface area contributed by atoms with Gasteiger partial charge in [-0.25, -0.2) is 0 Å². The highest BCUT2D eigenvalue weighted by atomic mass is 35.5.